The molecule has 4 nitrogen and oxygen atoms in total. The molecule has 0 atom stereocenters. The van der Waals surface area contributed by atoms with Gasteiger partial charge in [0.1, 0.15) is 0 Å². The topological polar surface area (TPSA) is 61.7 Å². The van der Waals surface area contributed by atoms with Crippen molar-refractivity contribution in [3.05, 3.63) is 93.1 Å². The fourth-order valence-corrected chi connectivity index (χ4v) is 3.55. The van der Waals surface area contributed by atoms with Gasteiger partial charge in [-0.25, -0.2) is 5.43 Å². The first-order chi connectivity index (χ1) is 12.5. The van der Waals surface area contributed by atoms with E-state index < -0.39 is 11.5 Å². The van der Waals surface area contributed by atoms with Crippen molar-refractivity contribution in [1.82, 2.24) is 5.43 Å². The fraction of sp³-hybridized carbons (Fsp3) is 0.100. The highest BCUT2D eigenvalue weighted by atomic mass is 35.5. The summed E-state index contributed by atoms with van der Waals surface area (Å²) in [5, 5.41) is 15.4. The number of thiophene rings is 1. The van der Waals surface area contributed by atoms with Crippen LogP contribution in [0.15, 0.2) is 77.9 Å². The number of halogens is 1. The van der Waals surface area contributed by atoms with Gasteiger partial charge in [-0.05, 0) is 30.2 Å². The molecular weight excluding hydrogens is 368 g/mol. The van der Waals surface area contributed by atoms with Crippen LogP contribution in [0.25, 0.3) is 0 Å². The van der Waals surface area contributed by atoms with E-state index in [-0.39, 0.29) is 0 Å². The third-order valence-corrected chi connectivity index (χ3v) is 5.31. The second kappa shape index (κ2) is 7.83. The van der Waals surface area contributed by atoms with Crippen LogP contribution in [0.3, 0.4) is 0 Å². The SMILES string of the molecule is C/C(=N/NC(=O)C(O)(c1ccccc1)c1ccccc1)c1ccc(Cl)s1. The molecule has 1 amide bonds. The molecule has 132 valence electrons. The Morgan fingerprint density at radius 3 is 2.00 bits per heavy atom. The lowest BCUT2D eigenvalue weighted by Gasteiger charge is -2.27. The van der Waals surface area contributed by atoms with Crippen LogP contribution in [0, 0.1) is 0 Å². The van der Waals surface area contributed by atoms with Gasteiger partial charge in [0.05, 0.1) is 14.9 Å². The largest absolute Gasteiger partial charge is 0.372 e. The van der Waals surface area contributed by atoms with E-state index in [0.717, 1.165) is 4.88 Å². The molecule has 2 N–H and O–H groups in total. The zero-order valence-corrected chi connectivity index (χ0v) is 15.6. The molecule has 26 heavy (non-hydrogen) atoms. The molecule has 0 unspecified atom stereocenters. The summed E-state index contributed by atoms with van der Waals surface area (Å²) in [7, 11) is 0. The number of hydrogen-bond donors (Lipinski definition) is 2. The number of rotatable bonds is 5. The highest BCUT2D eigenvalue weighted by Crippen LogP contribution is 2.30. The molecule has 0 fully saturated rings. The minimum absolute atomic E-state index is 0.468. The highest BCUT2D eigenvalue weighted by Gasteiger charge is 2.39. The van der Waals surface area contributed by atoms with Crippen molar-refractivity contribution in [2.75, 3.05) is 0 Å². The van der Waals surface area contributed by atoms with Crippen molar-refractivity contribution in [1.29, 1.82) is 0 Å². The number of amides is 1. The van der Waals surface area contributed by atoms with Crippen molar-refractivity contribution in [2.24, 2.45) is 5.10 Å². The number of aliphatic hydroxyl groups is 1. The zero-order chi connectivity index (χ0) is 18.6. The molecular formula is C20H17ClN2O2S. The molecule has 0 radical (unpaired) electrons. The number of nitrogens with zero attached hydrogens (tertiary/aromatic N) is 1. The molecule has 0 spiro atoms. The standard InChI is InChI=1S/C20H17ClN2O2S/c1-14(17-12-13-18(21)26-17)22-23-19(24)20(25,15-8-4-2-5-9-15)16-10-6-3-7-11-16/h2-13,25H,1H3,(H,23,24)/b22-14-. The minimum atomic E-state index is -1.85. The van der Waals surface area contributed by atoms with Crippen molar-refractivity contribution >= 4 is 34.6 Å². The van der Waals surface area contributed by atoms with E-state index >= 15 is 0 Å². The van der Waals surface area contributed by atoms with E-state index in [0.29, 0.717) is 21.2 Å². The molecule has 1 aromatic heterocycles. The van der Waals surface area contributed by atoms with Crippen molar-refractivity contribution in [3.63, 3.8) is 0 Å². The maximum absolute atomic E-state index is 12.9. The lowest BCUT2D eigenvalue weighted by molar-refractivity contribution is -0.136. The molecule has 0 saturated carbocycles. The van der Waals surface area contributed by atoms with E-state index in [1.807, 2.05) is 18.2 Å². The van der Waals surface area contributed by atoms with Gasteiger partial charge in [-0.1, -0.05) is 72.3 Å². The van der Waals surface area contributed by atoms with Crippen LogP contribution in [0.2, 0.25) is 4.34 Å². The number of benzene rings is 2. The molecule has 2 aromatic carbocycles. The first-order valence-electron chi connectivity index (χ1n) is 7.95. The second-order valence-electron chi connectivity index (χ2n) is 5.68. The average Bonchev–Trinajstić information content (AvgIpc) is 3.13. The van der Waals surface area contributed by atoms with Crippen LogP contribution in [0.5, 0.6) is 0 Å². The Labute approximate surface area is 160 Å². The predicted molar refractivity (Wildman–Crippen MR) is 106 cm³/mol. The summed E-state index contributed by atoms with van der Waals surface area (Å²) >= 11 is 7.30. The third-order valence-electron chi connectivity index (χ3n) is 3.97. The van der Waals surface area contributed by atoms with E-state index in [1.165, 1.54) is 11.3 Å². The summed E-state index contributed by atoms with van der Waals surface area (Å²) < 4.78 is 0.644. The fourth-order valence-electron chi connectivity index (χ4n) is 2.57. The van der Waals surface area contributed by atoms with Crippen molar-refractivity contribution in [3.8, 4) is 0 Å². The molecule has 3 rings (SSSR count). The Kier molecular flexibility index (Phi) is 5.52. The van der Waals surface area contributed by atoms with Gasteiger partial charge >= 0.3 is 0 Å². The van der Waals surface area contributed by atoms with Gasteiger partial charge in [0.2, 0.25) is 0 Å². The third kappa shape index (κ3) is 3.70. The molecule has 3 aromatic rings. The summed E-state index contributed by atoms with van der Waals surface area (Å²) in [6.07, 6.45) is 0. The Morgan fingerprint density at radius 2 is 1.54 bits per heavy atom. The van der Waals surface area contributed by atoms with Crippen molar-refractivity contribution in [2.45, 2.75) is 12.5 Å². The second-order valence-corrected chi connectivity index (χ2v) is 7.40. The van der Waals surface area contributed by atoms with Gasteiger partial charge in [-0.2, -0.15) is 5.10 Å². The summed E-state index contributed by atoms with van der Waals surface area (Å²) in [4.78, 5) is 13.8. The number of carbonyl (C=O) groups excluding carboxylic acids is 1. The lowest BCUT2D eigenvalue weighted by Crippen LogP contribution is -2.43. The van der Waals surface area contributed by atoms with Gasteiger partial charge in [-0.15, -0.1) is 11.3 Å². The Morgan fingerprint density at radius 1 is 1.00 bits per heavy atom. The van der Waals surface area contributed by atoms with Gasteiger partial charge < -0.3 is 5.11 Å². The van der Waals surface area contributed by atoms with E-state index in [2.05, 4.69) is 10.5 Å². The number of hydrazone groups is 1. The van der Waals surface area contributed by atoms with Crippen LogP contribution in [0.4, 0.5) is 0 Å². The first-order valence-corrected chi connectivity index (χ1v) is 9.15. The molecule has 0 aliphatic heterocycles. The van der Waals surface area contributed by atoms with Gasteiger partial charge in [0.25, 0.3) is 5.91 Å². The summed E-state index contributed by atoms with van der Waals surface area (Å²) in [6.45, 7) is 1.77. The monoisotopic (exact) mass is 384 g/mol. The predicted octanol–water partition coefficient (Wildman–Crippen LogP) is 4.18. The zero-order valence-electron chi connectivity index (χ0n) is 14.0. The number of nitrogens with one attached hydrogen (secondary N) is 1. The summed E-state index contributed by atoms with van der Waals surface area (Å²) in [6, 6.07) is 21.2. The number of carbonyl (C=O) groups is 1. The quantitative estimate of drug-likeness (QED) is 0.512. The normalized spacial score (nSPS) is 12.0. The molecule has 0 aliphatic rings. The van der Waals surface area contributed by atoms with E-state index in [4.69, 9.17) is 11.6 Å². The van der Waals surface area contributed by atoms with Crippen LogP contribution in [0.1, 0.15) is 22.9 Å². The molecule has 0 aliphatic carbocycles. The molecule has 0 saturated heterocycles. The molecule has 6 heteroatoms. The van der Waals surface area contributed by atoms with E-state index in [1.54, 1.807) is 61.5 Å². The molecule has 1 heterocycles. The average molecular weight is 385 g/mol. The maximum Gasteiger partial charge on any atom is 0.281 e. The highest BCUT2D eigenvalue weighted by molar-refractivity contribution is 7.18. The summed E-state index contributed by atoms with van der Waals surface area (Å²) in [5.74, 6) is -0.628. The van der Waals surface area contributed by atoms with Gasteiger partial charge in [0, 0.05) is 0 Å². The first kappa shape index (κ1) is 18.3. The van der Waals surface area contributed by atoms with Crippen LogP contribution < -0.4 is 5.43 Å². The van der Waals surface area contributed by atoms with Gasteiger partial charge in [-0.3, -0.25) is 4.79 Å². The number of hydrogen-bond acceptors (Lipinski definition) is 4. The van der Waals surface area contributed by atoms with Crippen LogP contribution in [-0.4, -0.2) is 16.7 Å². The summed E-state index contributed by atoms with van der Waals surface area (Å²) in [5.41, 5.74) is 2.19. The Bertz CT molecular complexity index is 884. The van der Waals surface area contributed by atoms with Crippen LogP contribution in [-0.2, 0) is 10.4 Å². The minimum Gasteiger partial charge on any atom is -0.372 e. The van der Waals surface area contributed by atoms with Gasteiger partial charge in [0.15, 0.2) is 5.60 Å². The Hall–Kier alpha value is -2.47. The van der Waals surface area contributed by atoms with Crippen LogP contribution >= 0.6 is 22.9 Å². The van der Waals surface area contributed by atoms with E-state index in [9.17, 15) is 9.90 Å². The Balaban J connectivity index is 1.94. The van der Waals surface area contributed by atoms with Crippen molar-refractivity contribution < 1.29 is 9.90 Å². The maximum atomic E-state index is 12.9. The lowest BCUT2D eigenvalue weighted by atomic mass is 9.85. The smallest absolute Gasteiger partial charge is 0.281 e. The molecule has 0 bridgehead atoms.